The van der Waals surface area contributed by atoms with Gasteiger partial charge in [-0.15, -0.1) is 0 Å². The highest BCUT2D eigenvalue weighted by atomic mass is 16.6. The minimum absolute atomic E-state index is 0.103. The minimum Gasteiger partial charge on any atom is -0.462 e. The summed E-state index contributed by atoms with van der Waals surface area (Å²) < 4.78 is 16.8. The van der Waals surface area contributed by atoms with Gasteiger partial charge in [-0.05, 0) is 83.5 Å². The van der Waals surface area contributed by atoms with Crippen molar-refractivity contribution in [3.8, 4) is 0 Å². The molecule has 0 bridgehead atoms. The highest BCUT2D eigenvalue weighted by molar-refractivity contribution is 5.71. The van der Waals surface area contributed by atoms with Crippen LogP contribution in [0.3, 0.4) is 0 Å². The third-order valence-electron chi connectivity index (χ3n) is 12.9. The standard InChI is InChI=1S/C65H112O6/c1-4-7-10-13-16-19-22-25-26-27-28-29-30-31-32-33-34-35-36-37-38-41-43-46-49-52-55-58-64(67)70-61-62(71-65(68)59-56-53-50-47-44-40-24-21-18-15-12-9-6-3)60-69-63(66)57-54-51-48-45-42-39-23-20-17-14-11-8-5-2/h9,12,18,21-22,25,27-28,30-31,40,44,50,53,62H,4-8,10-11,13-17,19-20,23-24,26,29,32-39,41-43,45-49,51-52,54-61H2,1-3H3/b12-9-,21-18-,25-22-,28-27-,31-30-,44-40-,53-50-. The van der Waals surface area contributed by atoms with Crippen molar-refractivity contribution in [1.29, 1.82) is 0 Å². The van der Waals surface area contributed by atoms with Crippen molar-refractivity contribution < 1.29 is 28.6 Å². The average Bonchev–Trinajstić information content (AvgIpc) is 3.37. The summed E-state index contributed by atoms with van der Waals surface area (Å²) in [4.78, 5) is 38.1. The van der Waals surface area contributed by atoms with Gasteiger partial charge in [0.1, 0.15) is 13.2 Å². The van der Waals surface area contributed by atoms with Gasteiger partial charge in [-0.3, -0.25) is 14.4 Å². The maximum Gasteiger partial charge on any atom is 0.306 e. The van der Waals surface area contributed by atoms with Gasteiger partial charge in [-0.25, -0.2) is 0 Å². The second kappa shape index (κ2) is 59.2. The summed E-state index contributed by atoms with van der Waals surface area (Å²) in [7, 11) is 0. The Morgan fingerprint density at radius 3 is 0.915 bits per heavy atom. The van der Waals surface area contributed by atoms with Crippen molar-refractivity contribution in [3.63, 3.8) is 0 Å². The summed E-state index contributed by atoms with van der Waals surface area (Å²) in [5, 5.41) is 0. The van der Waals surface area contributed by atoms with E-state index in [1.54, 1.807) is 0 Å². The molecule has 0 aliphatic carbocycles. The predicted octanol–water partition coefficient (Wildman–Crippen LogP) is 20.3. The topological polar surface area (TPSA) is 78.9 Å². The van der Waals surface area contributed by atoms with Crippen molar-refractivity contribution in [1.82, 2.24) is 0 Å². The van der Waals surface area contributed by atoms with Crippen LogP contribution in [0.25, 0.3) is 0 Å². The number of carbonyl (C=O) groups is 3. The number of allylic oxidation sites excluding steroid dienone is 14. The van der Waals surface area contributed by atoms with Gasteiger partial charge in [-0.1, -0.05) is 273 Å². The van der Waals surface area contributed by atoms with E-state index in [2.05, 4.69) is 99.8 Å². The quantitative estimate of drug-likeness (QED) is 0.0261. The Balaban J connectivity index is 4.27. The second-order valence-corrected chi connectivity index (χ2v) is 19.9. The van der Waals surface area contributed by atoms with Crippen molar-refractivity contribution in [3.05, 3.63) is 85.1 Å². The van der Waals surface area contributed by atoms with Crippen LogP contribution >= 0.6 is 0 Å². The molecule has 0 saturated carbocycles. The van der Waals surface area contributed by atoms with Gasteiger partial charge in [0.25, 0.3) is 0 Å². The molecule has 0 aliphatic heterocycles. The first-order chi connectivity index (χ1) is 35.0. The lowest BCUT2D eigenvalue weighted by molar-refractivity contribution is -0.166. The largest absolute Gasteiger partial charge is 0.462 e. The molecule has 0 aromatic rings. The van der Waals surface area contributed by atoms with Crippen LogP contribution in [-0.2, 0) is 28.6 Å². The van der Waals surface area contributed by atoms with Gasteiger partial charge in [0.05, 0.1) is 0 Å². The zero-order valence-electron chi connectivity index (χ0n) is 46.7. The van der Waals surface area contributed by atoms with Crippen molar-refractivity contribution in [2.75, 3.05) is 13.2 Å². The maximum absolute atomic E-state index is 12.8. The third-order valence-corrected chi connectivity index (χ3v) is 12.9. The monoisotopic (exact) mass is 989 g/mol. The Kier molecular flexibility index (Phi) is 56.3. The van der Waals surface area contributed by atoms with Crippen LogP contribution in [0, 0.1) is 0 Å². The van der Waals surface area contributed by atoms with Crippen LogP contribution in [0.1, 0.15) is 290 Å². The van der Waals surface area contributed by atoms with Crippen LogP contribution in [0.2, 0.25) is 0 Å². The fraction of sp³-hybridized carbons (Fsp3) is 0.738. The minimum atomic E-state index is -0.813. The van der Waals surface area contributed by atoms with Gasteiger partial charge in [0, 0.05) is 19.3 Å². The maximum atomic E-state index is 12.8. The summed E-state index contributed by atoms with van der Waals surface area (Å²) in [6.45, 7) is 6.47. The fourth-order valence-electron chi connectivity index (χ4n) is 8.41. The fourth-order valence-corrected chi connectivity index (χ4v) is 8.41. The molecule has 0 radical (unpaired) electrons. The first-order valence-electron chi connectivity index (χ1n) is 30.1. The van der Waals surface area contributed by atoms with E-state index in [9.17, 15) is 14.4 Å². The molecular formula is C65H112O6. The Morgan fingerprint density at radius 1 is 0.296 bits per heavy atom. The Hall–Kier alpha value is -3.41. The molecule has 0 heterocycles. The zero-order valence-corrected chi connectivity index (χ0v) is 46.7. The van der Waals surface area contributed by atoms with Crippen molar-refractivity contribution in [2.24, 2.45) is 0 Å². The first kappa shape index (κ1) is 67.6. The summed E-state index contributed by atoms with van der Waals surface area (Å²) in [5.41, 5.74) is 0. The molecule has 6 heteroatoms. The molecule has 0 N–H and O–H groups in total. The molecule has 6 nitrogen and oxygen atoms in total. The molecule has 1 atom stereocenters. The van der Waals surface area contributed by atoms with E-state index >= 15 is 0 Å². The molecule has 71 heavy (non-hydrogen) atoms. The molecule has 0 fully saturated rings. The van der Waals surface area contributed by atoms with Crippen LogP contribution < -0.4 is 0 Å². The second-order valence-electron chi connectivity index (χ2n) is 19.9. The number of carbonyl (C=O) groups excluding carboxylic acids is 3. The first-order valence-corrected chi connectivity index (χ1v) is 30.1. The lowest BCUT2D eigenvalue weighted by Gasteiger charge is -2.18. The SMILES string of the molecule is CC/C=C\C/C=C\C/C=C\C/C=C\CCC(=O)OC(COC(=O)CCCCCCCCCCCCCCC)COC(=O)CCCCCCCCCCCCCC/C=C\C/C=C\C/C=C\CCCCCCC. The summed E-state index contributed by atoms with van der Waals surface area (Å²) >= 11 is 0. The van der Waals surface area contributed by atoms with Crippen LogP contribution in [0.5, 0.6) is 0 Å². The highest BCUT2D eigenvalue weighted by Crippen LogP contribution is 2.16. The molecule has 0 amide bonds. The average molecular weight is 990 g/mol. The smallest absolute Gasteiger partial charge is 0.306 e. The Bertz CT molecular complexity index is 1370. The molecule has 408 valence electrons. The van der Waals surface area contributed by atoms with E-state index < -0.39 is 6.10 Å². The number of unbranched alkanes of at least 4 members (excludes halogenated alkanes) is 29. The lowest BCUT2D eigenvalue weighted by Crippen LogP contribution is -2.30. The molecular weight excluding hydrogens is 877 g/mol. The van der Waals surface area contributed by atoms with E-state index in [1.807, 2.05) is 6.08 Å². The number of hydrogen-bond donors (Lipinski definition) is 0. The number of esters is 3. The van der Waals surface area contributed by atoms with E-state index in [4.69, 9.17) is 14.2 Å². The van der Waals surface area contributed by atoms with Gasteiger partial charge in [0.15, 0.2) is 6.10 Å². The number of ether oxygens (including phenoxy) is 3. The summed E-state index contributed by atoms with van der Waals surface area (Å²) in [6, 6.07) is 0. The highest BCUT2D eigenvalue weighted by Gasteiger charge is 2.19. The van der Waals surface area contributed by atoms with Crippen LogP contribution in [0.4, 0.5) is 0 Å². The predicted molar refractivity (Wildman–Crippen MR) is 307 cm³/mol. The molecule has 0 aliphatic rings. The molecule has 0 rings (SSSR count). The lowest BCUT2D eigenvalue weighted by atomic mass is 10.0. The van der Waals surface area contributed by atoms with E-state index in [0.29, 0.717) is 19.3 Å². The van der Waals surface area contributed by atoms with Crippen LogP contribution in [-0.4, -0.2) is 37.2 Å². The Labute approximate surface area is 439 Å². The van der Waals surface area contributed by atoms with Gasteiger partial charge >= 0.3 is 17.9 Å². The van der Waals surface area contributed by atoms with Gasteiger partial charge < -0.3 is 14.2 Å². The third kappa shape index (κ3) is 57.4. The summed E-state index contributed by atoms with van der Waals surface area (Å²) in [6.07, 6.45) is 77.5. The zero-order chi connectivity index (χ0) is 51.4. The molecule has 0 aromatic carbocycles. The Morgan fingerprint density at radius 2 is 0.577 bits per heavy atom. The molecule has 0 saturated heterocycles. The molecule has 0 spiro atoms. The van der Waals surface area contributed by atoms with Gasteiger partial charge in [-0.2, -0.15) is 0 Å². The van der Waals surface area contributed by atoms with E-state index in [-0.39, 0.29) is 37.5 Å². The van der Waals surface area contributed by atoms with Crippen molar-refractivity contribution >= 4 is 17.9 Å². The van der Waals surface area contributed by atoms with Crippen LogP contribution in [0.15, 0.2) is 85.1 Å². The van der Waals surface area contributed by atoms with Gasteiger partial charge in [0.2, 0.25) is 0 Å². The van der Waals surface area contributed by atoms with Crippen molar-refractivity contribution in [2.45, 2.75) is 297 Å². The molecule has 1 unspecified atom stereocenters. The number of rotatable bonds is 54. The molecule has 0 aromatic heterocycles. The van der Waals surface area contributed by atoms with E-state index in [1.165, 1.54) is 167 Å². The van der Waals surface area contributed by atoms with E-state index in [0.717, 1.165) is 77.0 Å². The number of hydrogen-bond acceptors (Lipinski definition) is 6. The summed E-state index contributed by atoms with van der Waals surface area (Å²) in [5.74, 6) is -0.980. The normalized spacial score (nSPS) is 12.7.